The summed E-state index contributed by atoms with van der Waals surface area (Å²) in [5, 5.41) is 3.59. The molecule has 2 rings (SSSR count). The summed E-state index contributed by atoms with van der Waals surface area (Å²) in [6.45, 7) is 0.0882. The van der Waals surface area contributed by atoms with Crippen LogP contribution in [0.4, 0.5) is 13.2 Å². The van der Waals surface area contributed by atoms with Crippen LogP contribution >= 0.6 is 15.9 Å². The summed E-state index contributed by atoms with van der Waals surface area (Å²) in [5.74, 6) is 0.334. The second-order valence-electron chi connectivity index (χ2n) is 3.57. The molecule has 0 unspecified atom stereocenters. The number of aromatic nitrogens is 1. The molecule has 96 valence electrons. The molecule has 7 heteroatoms. The van der Waals surface area contributed by atoms with Gasteiger partial charge in [-0.2, -0.15) is 13.2 Å². The van der Waals surface area contributed by atoms with E-state index in [2.05, 4.69) is 21.1 Å². The zero-order valence-electron chi connectivity index (χ0n) is 8.96. The molecule has 0 saturated carbocycles. The Morgan fingerprint density at radius 3 is 2.56 bits per heavy atom. The van der Waals surface area contributed by atoms with Crippen molar-refractivity contribution >= 4 is 15.9 Å². The standard InChI is InChI=1S/C11H8BrF3N2O/c12-6-1-2-8(9(3-6)11(13,14)15)10-4-7(5-16)18-17-10/h1-4H,5,16H2. The molecule has 0 aliphatic rings. The van der Waals surface area contributed by atoms with E-state index in [9.17, 15) is 13.2 Å². The molecule has 0 aliphatic carbocycles. The van der Waals surface area contributed by atoms with Crippen LogP contribution in [0.1, 0.15) is 11.3 Å². The van der Waals surface area contributed by atoms with Gasteiger partial charge in [0.1, 0.15) is 5.69 Å². The molecule has 0 bridgehead atoms. The van der Waals surface area contributed by atoms with Gasteiger partial charge in [-0.25, -0.2) is 0 Å². The third-order valence-electron chi connectivity index (χ3n) is 2.32. The second-order valence-corrected chi connectivity index (χ2v) is 4.49. The first-order valence-corrected chi connectivity index (χ1v) is 5.74. The lowest BCUT2D eigenvalue weighted by atomic mass is 10.0. The van der Waals surface area contributed by atoms with E-state index in [1.807, 2.05) is 0 Å². The van der Waals surface area contributed by atoms with E-state index in [0.29, 0.717) is 10.2 Å². The minimum absolute atomic E-state index is 0.0332. The maximum atomic E-state index is 12.9. The van der Waals surface area contributed by atoms with Crippen molar-refractivity contribution in [3.05, 3.63) is 40.1 Å². The predicted molar refractivity (Wildman–Crippen MR) is 62.5 cm³/mol. The number of nitrogens with two attached hydrogens (primary N) is 1. The fraction of sp³-hybridized carbons (Fsp3) is 0.182. The van der Waals surface area contributed by atoms with Gasteiger partial charge in [0.25, 0.3) is 0 Å². The predicted octanol–water partition coefficient (Wildman–Crippen LogP) is 3.58. The van der Waals surface area contributed by atoms with Crippen molar-refractivity contribution < 1.29 is 17.7 Å². The lowest BCUT2D eigenvalue weighted by molar-refractivity contribution is -0.137. The second kappa shape index (κ2) is 4.74. The van der Waals surface area contributed by atoms with Crippen LogP contribution in [0.3, 0.4) is 0 Å². The average molecular weight is 321 g/mol. The largest absolute Gasteiger partial charge is 0.417 e. The molecule has 0 fully saturated rings. The van der Waals surface area contributed by atoms with Crippen molar-refractivity contribution in [1.29, 1.82) is 0 Å². The summed E-state index contributed by atoms with van der Waals surface area (Å²) in [6, 6.07) is 5.26. The molecule has 18 heavy (non-hydrogen) atoms. The molecule has 1 heterocycles. The van der Waals surface area contributed by atoms with Crippen molar-refractivity contribution in [2.45, 2.75) is 12.7 Å². The van der Waals surface area contributed by atoms with Crippen molar-refractivity contribution in [2.75, 3.05) is 0 Å². The van der Waals surface area contributed by atoms with Crippen LogP contribution in [0.5, 0.6) is 0 Å². The number of hydrogen-bond donors (Lipinski definition) is 1. The van der Waals surface area contributed by atoms with Crippen LogP contribution < -0.4 is 5.73 Å². The number of alkyl halides is 3. The molecule has 1 aromatic carbocycles. The smallest absolute Gasteiger partial charge is 0.359 e. The van der Waals surface area contributed by atoms with Gasteiger partial charge in [-0.1, -0.05) is 27.2 Å². The number of benzene rings is 1. The summed E-state index contributed by atoms with van der Waals surface area (Å²) in [7, 11) is 0. The van der Waals surface area contributed by atoms with Crippen LogP contribution in [0, 0.1) is 0 Å². The van der Waals surface area contributed by atoms with Gasteiger partial charge in [-0.15, -0.1) is 0 Å². The molecule has 2 aromatic rings. The molecule has 0 saturated heterocycles. The van der Waals surface area contributed by atoms with Gasteiger partial charge in [0, 0.05) is 16.1 Å². The highest BCUT2D eigenvalue weighted by atomic mass is 79.9. The molecule has 0 amide bonds. The summed E-state index contributed by atoms with van der Waals surface area (Å²) in [5.41, 5.74) is 4.64. The highest BCUT2D eigenvalue weighted by Crippen LogP contribution is 2.38. The summed E-state index contributed by atoms with van der Waals surface area (Å²) in [4.78, 5) is 0. The van der Waals surface area contributed by atoms with Crippen LogP contribution in [-0.2, 0) is 12.7 Å². The summed E-state index contributed by atoms with van der Waals surface area (Å²) >= 11 is 3.02. The molecule has 0 aliphatic heterocycles. The van der Waals surface area contributed by atoms with Gasteiger partial charge in [-0.05, 0) is 12.1 Å². The quantitative estimate of drug-likeness (QED) is 0.920. The maximum Gasteiger partial charge on any atom is 0.417 e. The Balaban J connectivity index is 2.56. The Kier molecular flexibility index (Phi) is 3.45. The first-order chi connectivity index (χ1) is 8.41. The van der Waals surface area contributed by atoms with Crippen LogP contribution in [0.2, 0.25) is 0 Å². The molecular formula is C11H8BrF3N2O. The third kappa shape index (κ3) is 2.56. The van der Waals surface area contributed by atoms with Gasteiger partial charge < -0.3 is 10.3 Å². The Hall–Kier alpha value is -1.34. The summed E-state index contributed by atoms with van der Waals surface area (Å²) in [6.07, 6.45) is -4.46. The van der Waals surface area contributed by atoms with Crippen LogP contribution in [-0.4, -0.2) is 5.16 Å². The van der Waals surface area contributed by atoms with Crippen LogP contribution in [0.15, 0.2) is 33.3 Å². The van der Waals surface area contributed by atoms with Crippen molar-refractivity contribution in [2.24, 2.45) is 5.73 Å². The van der Waals surface area contributed by atoms with Gasteiger partial charge in [0.05, 0.1) is 12.1 Å². The molecular weight excluding hydrogens is 313 g/mol. The number of rotatable bonds is 2. The lowest BCUT2D eigenvalue weighted by Crippen LogP contribution is -2.07. The fourth-order valence-electron chi connectivity index (χ4n) is 1.51. The highest BCUT2D eigenvalue weighted by Gasteiger charge is 2.34. The van der Waals surface area contributed by atoms with E-state index in [1.165, 1.54) is 18.2 Å². The maximum absolute atomic E-state index is 12.9. The van der Waals surface area contributed by atoms with Gasteiger partial charge in [-0.3, -0.25) is 0 Å². The lowest BCUT2D eigenvalue weighted by Gasteiger charge is -2.11. The average Bonchev–Trinajstić information content (AvgIpc) is 2.76. The fourth-order valence-corrected chi connectivity index (χ4v) is 1.87. The summed E-state index contributed by atoms with van der Waals surface area (Å²) < 4.78 is 43.9. The molecule has 2 N–H and O–H groups in total. The number of halogens is 4. The van der Waals surface area contributed by atoms with Gasteiger partial charge in [0.2, 0.25) is 0 Å². The third-order valence-corrected chi connectivity index (χ3v) is 2.82. The van der Waals surface area contributed by atoms with E-state index in [4.69, 9.17) is 10.3 Å². The zero-order valence-corrected chi connectivity index (χ0v) is 10.5. The first kappa shape index (κ1) is 13.1. The zero-order chi connectivity index (χ0) is 13.3. The van der Waals surface area contributed by atoms with E-state index in [-0.39, 0.29) is 17.8 Å². The van der Waals surface area contributed by atoms with E-state index in [1.54, 1.807) is 0 Å². The Bertz CT molecular complexity index is 566. The number of hydrogen-bond acceptors (Lipinski definition) is 3. The van der Waals surface area contributed by atoms with Crippen molar-refractivity contribution in [3.8, 4) is 11.3 Å². The van der Waals surface area contributed by atoms with Crippen molar-refractivity contribution in [1.82, 2.24) is 5.16 Å². The molecule has 0 spiro atoms. The van der Waals surface area contributed by atoms with Gasteiger partial charge >= 0.3 is 6.18 Å². The first-order valence-electron chi connectivity index (χ1n) is 4.94. The minimum Gasteiger partial charge on any atom is -0.359 e. The topological polar surface area (TPSA) is 52.0 Å². The SMILES string of the molecule is NCc1cc(-c2ccc(Br)cc2C(F)(F)F)no1. The molecule has 3 nitrogen and oxygen atoms in total. The minimum atomic E-state index is -4.46. The Labute approximate surface area is 109 Å². The molecule has 0 radical (unpaired) electrons. The van der Waals surface area contributed by atoms with Crippen molar-refractivity contribution in [3.63, 3.8) is 0 Å². The monoisotopic (exact) mass is 320 g/mol. The Morgan fingerprint density at radius 1 is 1.28 bits per heavy atom. The highest BCUT2D eigenvalue weighted by molar-refractivity contribution is 9.10. The normalized spacial score (nSPS) is 11.8. The number of nitrogens with zero attached hydrogens (tertiary/aromatic N) is 1. The van der Waals surface area contributed by atoms with Crippen LogP contribution in [0.25, 0.3) is 11.3 Å². The Morgan fingerprint density at radius 2 is 2.00 bits per heavy atom. The van der Waals surface area contributed by atoms with E-state index in [0.717, 1.165) is 6.07 Å². The molecule has 1 aromatic heterocycles. The molecule has 0 atom stereocenters. The van der Waals surface area contributed by atoms with Gasteiger partial charge in [0.15, 0.2) is 5.76 Å². The van der Waals surface area contributed by atoms with E-state index >= 15 is 0 Å². The van der Waals surface area contributed by atoms with E-state index < -0.39 is 11.7 Å².